The number of carboxylic acid groups (broad SMARTS) is 1. The molecule has 0 aliphatic rings. The van der Waals surface area contributed by atoms with Crippen molar-refractivity contribution in [3.05, 3.63) is 59.1 Å². The van der Waals surface area contributed by atoms with Gasteiger partial charge in [0, 0.05) is 5.39 Å². The molecular weight excluding hydrogens is 288 g/mol. The molecule has 0 unspecified atom stereocenters. The molecule has 0 fully saturated rings. The normalized spacial score (nSPS) is 10.5. The number of fused-ring (bicyclic) bond motifs is 1. The lowest BCUT2D eigenvalue weighted by Gasteiger charge is -2.05. The van der Waals surface area contributed by atoms with E-state index in [2.05, 4.69) is 10.3 Å². The molecule has 2 heterocycles. The Bertz CT molecular complexity index is 842. The molecule has 1 amide bonds. The van der Waals surface area contributed by atoms with Gasteiger partial charge in [0.1, 0.15) is 10.7 Å². The Balaban J connectivity index is 1.90. The maximum atomic E-state index is 12.2. The first-order valence-corrected chi connectivity index (χ1v) is 7.01. The second-order valence-electron chi connectivity index (χ2n) is 4.31. The van der Waals surface area contributed by atoms with Gasteiger partial charge in [0.2, 0.25) is 0 Å². The summed E-state index contributed by atoms with van der Waals surface area (Å²) >= 11 is 1.16. The largest absolute Gasteiger partial charge is 0.478 e. The lowest BCUT2D eigenvalue weighted by Crippen LogP contribution is -2.14. The minimum atomic E-state index is -1.07. The third-order valence-electron chi connectivity index (χ3n) is 2.95. The molecule has 0 saturated heterocycles. The summed E-state index contributed by atoms with van der Waals surface area (Å²) in [4.78, 5) is 27.5. The number of para-hydroxylation sites is 1. The molecule has 0 aliphatic heterocycles. The fourth-order valence-electron chi connectivity index (χ4n) is 1.93. The van der Waals surface area contributed by atoms with Gasteiger partial charge in [0.05, 0.1) is 11.1 Å². The van der Waals surface area contributed by atoms with Gasteiger partial charge in [-0.05, 0) is 23.6 Å². The van der Waals surface area contributed by atoms with Crippen molar-refractivity contribution < 1.29 is 14.7 Å². The smallest absolute Gasteiger partial charge is 0.338 e. The van der Waals surface area contributed by atoms with Crippen molar-refractivity contribution in [2.45, 2.75) is 0 Å². The average molecular weight is 298 g/mol. The van der Waals surface area contributed by atoms with Gasteiger partial charge < -0.3 is 10.4 Å². The highest BCUT2D eigenvalue weighted by molar-refractivity contribution is 7.14. The summed E-state index contributed by atoms with van der Waals surface area (Å²) in [6, 6.07) is 12.4. The Labute approximate surface area is 123 Å². The monoisotopic (exact) mass is 298 g/mol. The summed E-state index contributed by atoms with van der Waals surface area (Å²) < 4.78 is 0. The van der Waals surface area contributed by atoms with E-state index in [4.69, 9.17) is 5.11 Å². The highest BCUT2D eigenvalue weighted by Gasteiger charge is 2.15. The van der Waals surface area contributed by atoms with Crippen molar-refractivity contribution in [3.63, 3.8) is 0 Å². The number of carboxylic acids is 1. The maximum absolute atomic E-state index is 12.2. The fourth-order valence-corrected chi connectivity index (χ4v) is 2.71. The van der Waals surface area contributed by atoms with Crippen molar-refractivity contribution in [1.82, 2.24) is 4.98 Å². The Morgan fingerprint density at radius 1 is 1.10 bits per heavy atom. The number of nitrogens with one attached hydrogen (secondary N) is 1. The summed E-state index contributed by atoms with van der Waals surface area (Å²) in [5.74, 6) is -1.50. The molecule has 0 bridgehead atoms. The zero-order valence-electron chi connectivity index (χ0n) is 10.7. The van der Waals surface area contributed by atoms with Crippen LogP contribution < -0.4 is 5.32 Å². The van der Waals surface area contributed by atoms with E-state index >= 15 is 0 Å². The Morgan fingerprint density at radius 2 is 1.90 bits per heavy atom. The number of anilines is 1. The van der Waals surface area contributed by atoms with Crippen molar-refractivity contribution in [2.75, 3.05) is 5.32 Å². The standard InChI is InChI=1S/C15H10N2O3S/c18-13(17-14-10(15(19)20)7-8-21-14)12-6-5-9-3-1-2-4-11(9)16-12/h1-8H,(H,17,18)(H,19,20). The van der Waals surface area contributed by atoms with Crippen LogP contribution >= 0.6 is 11.3 Å². The number of aromatic nitrogens is 1. The molecular formula is C15H10N2O3S. The summed E-state index contributed by atoms with van der Waals surface area (Å²) in [7, 11) is 0. The lowest BCUT2D eigenvalue weighted by atomic mass is 10.2. The van der Waals surface area contributed by atoms with Crippen molar-refractivity contribution in [1.29, 1.82) is 0 Å². The average Bonchev–Trinajstić information content (AvgIpc) is 2.95. The topological polar surface area (TPSA) is 79.3 Å². The Hall–Kier alpha value is -2.73. The summed E-state index contributed by atoms with van der Waals surface area (Å²) in [6.45, 7) is 0. The van der Waals surface area contributed by atoms with Crippen LogP contribution in [0.2, 0.25) is 0 Å². The molecule has 104 valence electrons. The van der Waals surface area contributed by atoms with E-state index in [0.29, 0.717) is 5.00 Å². The summed E-state index contributed by atoms with van der Waals surface area (Å²) in [5.41, 5.74) is 1.04. The van der Waals surface area contributed by atoms with Crippen LogP contribution in [0.15, 0.2) is 47.8 Å². The van der Waals surface area contributed by atoms with Crippen LogP contribution in [-0.4, -0.2) is 22.0 Å². The first kappa shape index (κ1) is 13.3. The number of rotatable bonds is 3. The number of thiophene rings is 1. The van der Waals surface area contributed by atoms with E-state index in [1.807, 2.05) is 30.3 Å². The first-order valence-electron chi connectivity index (χ1n) is 6.13. The van der Waals surface area contributed by atoms with Crippen LogP contribution in [0.1, 0.15) is 20.8 Å². The van der Waals surface area contributed by atoms with E-state index in [1.54, 1.807) is 11.4 Å². The molecule has 0 atom stereocenters. The third kappa shape index (κ3) is 2.61. The number of carbonyl (C=O) groups excluding carboxylic acids is 1. The molecule has 2 aromatic heterocycles. The number of hydrogen-bond donors (Lipinski definition) is 2. The molecule has 5 nitrogen and oxygen atoms in total. The van der Waals surface area contributed by atoms with Crippen LogP contribution in [-0.2, 0) is 0 Å². The first-order chi connectivity index (χ1) is 10.1. The van der Waals surface area contributed by atoms with Crippen molar-refractivity contribution >= 4 is 39.1 Å². The fraction of sp³-hybridized carbons (Fsp3) is 0. The van der Waals surface area contributed by atoms with E-state index in [1.165, 1.54) is 6.07 Å². The predicted molar refractivity (Wildman–Crippen MR) is 81.0 cm³/mol. The zero-order chi connectivity index (χ0) is 14.8. The van der Waals surface area contributed by atoms with Crippen LogP contribution in [0.3, 0.4) is 0 Å². The molecule has 3 rings (SSSR count). The SMILES string of the molecule is O=C(Nc1sccc1C(=O)O)c1ccc2ccccc2n1. The Morgan fingerprint density at radius 3 is 2.71 bits per heavy atom. The maximum Gasteiger partial charge on any atom is 0.338 e. The second-order valence-corrected chi connectivity index (χ2v) is 5.23. The van der Waals surface area contributed by atoms with E-state index < -0.39 is 11.9 Å². The molecule has 21 heavy (non-hydrogen) atoms. The zero-order valence-corrected chi connectivity index (χ0v) is 11.6. The minimum Gasteiger partial charge on any atom is -0.478 e. The van der Waals surface area contributed by atoms with Gasteiger partial charge in [0.25, 0.3) is 5.91 Å². The number of pyridine rings is 1. The number of carbonyl (C=O) groups is 2. The van der Waals surface area contributed by atoms with Gasteiger partial charge >= 0.3 is 5.97 Å². The molecule has 0 aliphatic carbocycles. The minimum absolute atomic E-state index is 0.0779. The van der Waals surface area contributed by atoms with Gasteiger partial charge in [-0.3, -0.25) is 4.79 Å². The molecule has 0 radical (unpaired) electrons. The van der Waals surface area contributed by atoms with Crippen LogP contribution in [0.25, 0.3) is 10.9 Å². The number of aromatic carboxylic acids is 1. The molecule has 2 N–H and O–H groups in total. The highest BCUT2D eigenvalue weighted by atomic mass is 32.1. The molecule has 0 spiro atoms. The Kier molecular flexibility index (Phi) is 3.37. The van der Waals surface area contributed by atoms with Gasteiger partial charge in [-0.15, -0.1) is 11.3 Å². The van der Waals surface area contributed by atoms with Gasteiger partial charge in [-0.2, -0.15) is 0 Å². The summed E-state index contributed by atoms with van der Waals surface area (Å²) in [5, 5.41) is 14.5. The molecule has 3 aromatic rings. The van der Waals surface area contributed by atoms with Crippen molar-refractivity contribution in [2.24, 2.45) is 0 Å². The van der Waals surface area contributed by atoms with Gasteiger partial charge in [-0.25, -0.2) is 9.78 Å². The van der Waals surface area contributed by atoms with Gasteiger partial charge in [0.15, 0.2) is 0 Å². The van der Waals surface area contributed by atoms with Crippen molar-refractivity contribution in [3.8, 4) is 0 Å². The molecule has 6 heteroatoms. The second kappa shape index (κ2) is 5.34. The van der Waals surface area contributed by atoms with Gasteiger partial charge in [-0.1, -0.05) is 24.3 Å². The third-order valence-corrected chi connectivity index (χ3v) is 3.78. The number of benzene rings is 1. The van der Waals surface area contributed by atoms with Crippen LogP contribution in [0, 0.1) is 0 Å². The summed E-state index contributed by atoms with van der Waals surface area (Å²) in [6.07, 6.45) is 0. The van der Waals surface area contributed by atoms with Crippen LogP contribution in [0.4, 0.5) is 5.00 Å². The molecule has 0 saturated carbocycles. The predicted octanol–water partition coefficient (Wildman–Crippen LogP) is 3.25. The number of amides is 1. The van der Waals surface area contributed by atoms with E-state index in [-0.39, 0.29) is 11.3 Å². The quantitative estimate of drug-likeness (QED) is 0.778. The van der Waals surface area contributed by atoms with Crippen LogP contribution in [0.5, 0.6) is 0 Å². The lowest BCUT2D eigenvalue weighted by molar-refractivity contribution is 0.0698. The van der Waals surface area contributed by atoms with E-state index in [0.717, 1.165) is 22.2 Å². The highest BCUT2D eigenvalue weighted by Crippen LogP contribution is 2.24. The number of nitrogens with zero attached hydrogens (tertiary/aromatic N) is 1. The molecule has 1 aromatic carbocycles. The van der Waals surface area contributed by atoms with E-state index in [9.17, 15) is 9.59 Å². The number of hydrogen-bond acceptors (Lipinski definition) is 4.